The van der Waals surface area contributed by atoms with Gasteiger partial charge >= 0.3 is 11.9 Å². The summed E-state index contributed by atoms with van der Waals surface area (Å²) in [7, 11) is 2.32. The molecule has 2 aliphatic rings. The maximum atomic E-state index is 12.4. The summed E-state index contributed by atoms with van der Waals surface area (Å²) in [4.78, 5) is 26.2. The third-order valence-electron chi connectivity index (χ3n) is 4.09. The van der Waals surface area contributed by atoms with E-state index >= 15 is 0 Å². The molecule has 0 saturated heterocycles. The van der Waals surface area contributed by atoms with E-state index in [1.165, 1.54) is 18.2 Å². The Kier molecular flexibility index (Phi) is 5.26. The number of hydrogen-bond acceptors (Lipinski definition) is 8. The molecule has 2 aliphatic heterocycles. The molecular weight excluding hydrogens is 326 g/mol. The molecule has 0 spiro atoms. The minimum absolute atomic E-state index is 0.112. The molecule has 0 fully saturated rings. The third-order valence-corrected chi connectivity index (χ3v) is 4.09. The summed E-state index contributed by atoms with van der Waals surface area (Å²) >= 11 is 0. The smallest absolute Gasteiger partial charge is 0.355 e. The Balaban J connectivity index is 2.87. The quantitative estimate of drug-likeness (QED) is 0.689. The van der Waals surface area contributed by atoms with Gasteiger partial charge in [0.15, 0.2) is 5.41 Å². The van der Waals surface area contributed by atoms with Gasteiger partial charge in [-0.3, -0.25) is 0 Å². The number of nitriles is 2. The maximum Gasteiger partial charge on any atom is 0.355 e. The van der Waals surface area contributed by atoms with Crippen molar-refractivity contribution in [2.24, 2.45) is 5.41 Å². The lowest BCUT2D eigenvalue weighted by molar-refractivity contribution is -0.144. The summed E-state index contributed by atoms with van der Waals surface area (Å²) in [6.07, 6.45) is 5.12. The van der Waals surface area contributed by atoms with Crippen LogP contribution in [-0.2, 0) is 23.8 Å². The van der Waals surface area contributed by atoms with Crippen molar-refractivity contribution in [2.75, 3.05) is 20.8 Å². The fourth-order valence-corrected chi connectivity index (χ4v) is 3.01. The molecule has 0 aliphatic carbocycles. The van der Waals surface area contributed by atoms with Crippen LogP contribution in [0.4, 0.5) is 0 Å². The predicted molar refractivity (Wildman–Crippen MR) is 84.0 cm³/mol. The van der Waals surface area contributed by atoms with Gasteiger partial charge in [-0.15, -0.1) is 0 Å². The van der Waals surface area contributed by atoms with E-state index in [9.17, 15) is 20.1 Å². The number of rotatable bonds is 4. The molecular formula is C17H17N3O5. The average Bonchev–Trinajstić information content (AvgIpc) is 2.66. The first-order valence-electron chi connectivity index (χ1n) is 7.50. The Morgan fingerprint density at radius 3 is 2.36 bits per heavy atom. The lowest BCUT2D eigenvalue weighted by Crippen LogP contribution is -2.58. The molecule has 130 valence electrons. The van der Waals surface area contributed by atoms with Crippen molar-refractivity contribution in [2.45, 2.75) is 19.1 Å². The number of ether oxygens (including phenoxy) is 3. The Labute approximate surface area is 145 Å². The van der Waals surface area contributed by atoms with Crippen LogP contribution in [0.25, 0.3) is 0 Å². The van der Waals surface area contributed by atoms with Gasteiger partial charge in [0.05, 0.1) is 38.0 Å². The second kappa shape index (κ2) is 7.20. The zero-order valence-corrected chi connectivity index (χ0v) is 14.1. The molecule has 0 radical (unpaired) electrons. The summed E-state index contributed by atoms with van der Waals surface area (Å²) in [5, 5.41) is 19.6. The van der Waals surface area contributed by atoms with Crippen LogP contribution in [0, 0.1) is 28.1 Å². The molecule has 0 aromatic heterocycles. The van der Waals surface area contributed by atoms with Crippen molar-refractivity contribution in [1.29, 1.82) is 10.5 Å². The van der Waals surface area contributed by atoms with Crippen LogP contribution in [0.15, 0.2) is 35.7 Å². The Hall–Kier alpha value is -3.10. The summed E-state index contributed by atoms with van der Waals surface area (Å²) in [6.45, 7) is 1.78. The predicted octanol–water partition coefficient (Wildman–Crippen LogP) is 0.793. The molecule has 0 unspecified atom stereocenters. The average molecular weight is 343 g/mol. The fourth-order valence-electron chi connectivity index (χ4n) is 3.01. The molecule has 2 heterocycles. The fraction of sp³-hybridized carbons (Fsp3) is 0.412. The number of carbonyl (C=O) groups is 2. The molecule has 25 heavy (non-hydrogen) atoms. The van der Waals surface area contributed by atoms with Crippen LogP contribution >= 0.6 is 0 Å². The number of methoxy groups -OCH3 is 2. The van der Waals surface area contributed by atoms with Gasteiger partial charge in [0, 0.05) is 12.8 Å². The van der Waals surface area contributed by atoms with Gasteiger partial charge < -0.3 is 19.1 Å². The molecule has 2 rings (SSSR count). The van der Waals surface area contributed by atoms with E-state index in [0.717, 1.165) is 7.11 Å². The van der Waals surface area contributed by atoms with Crippen molar-refractivity contribution in [1.82, 2.24) is 4.90 Å². The SMILES string of the molecule is CCO[C@H]1C(C(=O)OC)=C(C(=O)OC)N2C=CC=C[C@@H]2C1(C#N)C#N. The molecule has 8 nitrogen and oxygen atoms in total. The van der Waals surface area contributed by atoms with Crippen LogP contribution in [0.2, 0.25) is 0 Å². The van der Waals surface area contributed by atoms with E-state index in [1.54, 1.807) is 25.2 Å². The molecule has 0 N–H and O–H groups in total. The molecule has 0 amide bonds. The third kappa shape index (κ3) is 2.67. The number of nitrogens with zero attached hydrogens (tertiary/aromatic N) is 3. The summed E-state index contributed by atoms with van der Waals surface area (Å²) in [5.41, 5.74) is -2.08. The van der Waals surface area contributed by atoms with E-state index in [1.807, 2.05) is 12.1 Å². The number of hydrogen-bond donors (Lipinski definition) is 0. The first-order valence-corrected chi connectivity index (χ1v) is 7.50. The summed E-state index contributed by atoms with van der Waals surface area (Å²) in [6, 6.07) is 3.13. The van der Waals surface area contributed by atoms with Gasteiger partial charge in [-0.05, 0) is 13.0 Å². The number of esters is 2. The van der Waals surface area contributed by atoms with Crippen molar-refractivity contribution >= 4 is 11.9 Å². The lowest BCUT2D eigenvalue weighted by atomic mass is 9.70. The second-order valence-electron chi connectivity index (χ2n) is 5.25. The van der Waals surface area contributed by atoms with Gasteiger partial charge in [0.2, 0.25) is 0 Å². The molecule has 0 aromatic carbocycles. The van der Waals surface area contributed by atoms with E-state index < -0.39 is 29.5 Å². The molecule has 8 heteroatoms. The summed E-state index contributed by atoms with van der Waals surface area (Å²) in [5.74, 6) is -1.66. The normalized spacial score (nSPS) is 23.3. The highest BCUT2D eigenvalue weighted by molar-refractivity contribution is 6.01. The molecule has 0 bridgehead atoms. The zero-order chi connectivity index (χ0) is 18.6. The first-order chi connectivity index (χ1) is 12.0. The second-order valence-corrected chi connectivity index (χ2v) is 5.25. The Morgan fingerprint density at radius 2 is 1.84 bits per heavy atom. The standard InChI is InChI=1S/C17H17N3O5/c1-4-25-14-12(15(21)23-2)13(16(22)24-3)20-8-6-5-7-11(20)17(14,9-18)10-19/h5-8,11,14H,4H2,1-3H3/t11-,14+/m1/s1. The van der Waals surface area contributed by atoms with Crippen LogP contribution in [0.3, 0.4) is 0 Å². The Morgan fingerprint density at radius 1 is 1.20 bits per heavy atom. The highest BCUT2D eigenvalue weighted by Gasteiger charge is 2.58. The number of carbonyl (C=O) groups excluding carboxylic acids is 2. The van der Waals surface area contributed by atoms with E-state index in [4.69, 9.17) is 14.2 Å². The zero-order valence-electron chi connectivity index (χ0n) is 14.1. The highest BCUT2D eigenvalue weighted by Crippen LogP contribution is 2.44. The number of allylic oxidation sites excluding steroid dienone is 2. The van der Waals surface area contributed by atoms with Crippen molar-refractivity contribution in [3.63, 3.8) is 0 Å². The van der Waals surface area contributed by atoms with Gasteiger partial charge in [0.25, 0.3) is 0 Å². The summed E-state index contributed by atoms with van der Waals surface area (Å²) < 4.78 is 15.2. The van der Waals surface area contributed by atoms with Gasteiger partial charge in [-0.1, -0.05) is 12.2 Å². The van der Waals surface area contributed by atoms with Gasteiger partial charge in [-0.2, -0.15) is 10.5 Å². The van der Waals surface area contributed by atoms with E-state index in [-0.39, 0.29) is 17.9 Å². The van der Waals surface area contributed by atoms with Crippen molar-refractivity contribution in [3.05, 3.63) is 35.7 Å². The Bertz CT molecular complexity index is 739. The minimum Gasteiger partial charge on any atom is -0.466 e. The van der Waals surface area contributed by atoms with Crippen LogP contribution < -0.4 is 0 Å². The van der Waals surface area contributed by atoms with Gasteiger partial charge in [-0.25, -0.2) is 9.59 Å². The molecule has 0 aromatic rings. The van der Waals surface area contributed by atoms with Crippen molar-refractivity contribution in [3.8, 4) is 12.1 Å². The monoisotopic (exact) mass is 343 g/mol. The molecule has 0 saturated carbocycles. The van der Waals surface area contributed by atoms with Gasteiger partial charge in [0.1, 0.15) is 11.8 Å². The lowest BCUT2D eigenvalue weighted by Gasteiger charge is -2.46. The molecule has 2 atom stereocenters. The van der Waals surface area contributed by atoms with Crippen LogP contribution in [-0.4, -0.2) is 49.8 Å². The maximum absolute atomic E-state index is 12.4. The highest BCUT2D eigenvalue weighted by atomic mass is 16.5. The van der Waals surface area contributed by atoms with Crippen LogP contribution in [0.1, 0.15) is 6.92 Å². The van der Waals surface area contributed by atoms with E-state index in [2.05, 4.69) is 0 Å². The minimum atomic E-state index is -1.75. The number of fused-ring (bicyclic) bond motifs is 1. The van der Waals surface area contributed by atoms with Crippen LogP contribution in [0.5, 0.6) is 0 Å². The largest absolute Gasteiger partial charge is 0.466 e. The van der Waals surface area contributed by atoms with E-state index in [0.29, 0.717) is 0 Å². The topological polar surface area (TPSA) is 113 Å². The van der Waals surface area contributed by atoms with Crippen molar-refractivity contribution < 1.29 is 23.8 Å². The first kappa shape index (κ1) is 18.2.